The molecular formula is C11H23NO. The lowest BCUT2D eigenvalue weighted by Gasteiger charge is -2.25. The molecule has 13 heavy (non-hydrogen) atoms. The quantitative estimate of drug-likeness (QED) is 0.709. The van der Waals surface area contributed by atoms with Gasteiger partial charge in [0.2, 0.25) is 0 Å². The standard InChI is InChI=1S/C11H23NO/c1-3-10(4-2)9-12-11-5-7-13-8-6-11/h10-12H,3-9H2,1-2H3. The highest BCUT2D eigenvalue weighted by molar-refractivity contribution is 4.71. The molecule has 0 amide bonds. The van der Waals surface area contributed by atoms with Crippen LogP contribution in [0.2, 0.25) is 0 Å². The minimum Gasteiger partial charge on any atom is -0.381 e. The predicted octanol–water partition coefficient (Wildman–Crippen LogP) is 2.19. The summed E-state index contributed by atoms with van der Waals surface area (Å²) in [6.07, 6.45) is 4.99. The van der Waals surface area contributed by atoms with E-state index in [0.717, 1.165) is 19.1 Å². The van der Waals surface area contributed by atoms with Crippen LogP contribution < -0.4 is 5.32 Å². The van der Waals surface area contributed by atoms with E-state index in [1.54, 1.807) is 0 Å². The number of hydrogen-bond donors (Lipinski definition) is 1. The third-order valence-electron chi connectivity index (χ3n) is 3.07. The second-order valence-corrected chi connectivity index (χ2v) is 3.98. The van der Waals surface area contributed by atoms with Crippen molar-refractivity contribution >= 4 is 0 Å². The molecule has 0 unspecified atom stereocenters. The maximum Gasteiger partial charge on any atom is 0.0480 e. The van der Waals surface area contributed by atoms with Crippen LogP contribution in [0.1, 0.15) is 39.5 Å². The van der Waals surface area contributed by atoms with Gasteiger partial charge in [-0.05, 0) is 25.3 Å². The fourth-order valence-corrected chi connectivity index (χ4v) is 1.81. The van der Waals surface area contributed by atoms with Gasteiger partial charge in [0, 0.05) is 19.3 Å². The molecule has 1 aliphatic rings. The molecule has 2 heteroatoms. The molecule has 1 fully saturated rings. The van der Waals surface area contributed by atoms with Crippen LogP contribution in [0.5, 0.6) is 0 Å². The highest BCUT2D eigenvalue weighted by Crippen LogP contribution is 2.09. The van der Waals surface area contributed by atoms with E-state index in [9.17, 15) is 0 Å². The minimum atomic E-state index is 0.717. The Morgan fingerprint density at radius 1 is 1.23 bits per heavy atom. The molecule has 78 valence electrons. The lowest BCUT2D eigenvalue weighted by Crippen LogP contribution is -2.37. The van der Waals surface area contributed by atoms with Crippen molar-refractivity contribution < 1.29 is 4.74 Å². The van der Waals surface area contributed by atoms with Crippen molar-refractivity contribution in [2.24, 2.45) is 5.92 Å². The second kappa shape index (κ2) is 6.39. The van der Waals surface area contributed by atoms with E-state index in [-0.39, 0.29) is 0 Å². The molecule has 1 saturated heterocycles. The summed E-state index contributed by atoms with van der Waals surface area (Å²) in [5.41, 5.74) is 0. The van der Waals surface area contributed by atoms with Gasteiger partial charge in [0.15, 0.2) is 0 Å². The molecule has 0 aliphatic carbocycles. The van der Waals surface area contributed by atoms with E-state index in [2.05, 4.69) is 19.2 Å². The van der Waals surface area contributed by atoms with Gasteiger partial charge < -0.3 is 10.1 Å². The number of hydrogen-bond acceptors (Lipinski definition) is 2. The topological polar surface area (TPSA) is 21.3 Å². The fourth-order valence-electron chi connectivity index (χ4n) is 1.81. The summed E-state index contributed by atoms with van der Waals surface area (Å²) in [6.45, 7) is 7.64. The lowest BCUT2D eigenvalue weighted by atomic mass is 10.0. The average molecular weight is 185 g/mol. The Morgan fingerprint density at radius 2 is 1.85 bits per heavy atom. The number of nitrogens with one attached hydrogen (secondary N) is 1. The molecule has 1 heterocycles. The summed E-state index contributed by atoms with van der Waals surface area (Å²) < 4.78 is 5.32. The van der Waals surface area contributed by atoms with Gasteiger partial charge in [-0.1, -0.05) is 26.7 Å². The van der Waals surface area contributed by atoms with Gasteiger partial charge in [0.1, 0.15) is 0 Å². The van der Waals surface area contributed by atoms with Crippen molar-refractivity contribution in [1.82, 2.24) is 5.32 Å². The van der Waals surface area contributed by atoms with Crippen LogP contribution in [-0.2, 0) is 4.74 Å². The van der Waals surface area contributed by atoms with Crippen LogP contribution in [-0.4, -0.2) is 25.8 Å². The SMILES string of the molecule is CCC(CC)CNC1CCOCC1. The summed E-state index contributed by atoms with van der Waals surface area (Å²) in [7, 11) is 0. The summed E-state index contributed by atoms with van der Waals surface area (Å²) >= 11 is 0. The Morgan fingerprint density at radius 3 is 2.38 bits per heavy atom. The van der Waals surface area contributed by atoms with Gasteiger partial charge in [-0.3, -0.25) is 0 Å². The van der Waals surface area contributed by atoms with Crippen LogP contribution in [0.25, 0.3) is 0 Å². The molecule has 0 radical (unpaired) electrons. The molecule has 1 rings (SSSR count). The van der Waals surface area contributed by atoms with Crippen molar-refractivity contribution in [1.29, 1.82) is 0 Å². The van der Waals surface area contributed by atoms with Gasteiger partial charge in [0.25, 0.3) is 0 Å². The first-order valence-corrected chi connectivity index (χ1v) is 5.68. The average Bonchev–Trinajstić information content (AvgIpc) is 2.21. The second-order valence-electron chi connectivity index (χ2n) is 3.98. The largest absolute Gasteiger partial charge is 0.381 e. The van der Waals surface area contributed by atoms with E-state index in [4.69, 9.17) is 4.74 Å². The number of ether oxygens (including phenoxy) is 1. The van der Waals surface area contributed by atoms with E-state index in [1.807, 2.05) is 0 Å². The van der Waals surface area contributed by atoms with Crippen molar-refractivity contribution in [3.05, 3.63) is 0 Å². The molecule has 2 nitrogen and oxygen atoms in total. The zero-order valence-corrected chi connectivity index (χ0v) is 9.01. The normalized spacial score (nSPS) is 19.6. The fraction of sp³-hybridized carbons (Fsp3) is 1.00. The van der Waals surface area contributed by atoms with Crippen LogP contribution >= 0.6 is 0 Å². The molecule has 0 spiro atoms. The summed E-state index contributed by atoms with van der Waals surface area (Å²) in [5.74, 6) is 0.864. The highest BCUT2D eigenvalue weighted by Gasteiger charge is 2.13. The maximum absolute atomic E-state index is 5.32. The van der Waals surface area contributed by atoms with Gasteiger partial charge in [0.05, 0.1) is 0 Å². The van der Waals surface area contributed by atoms with Crippen molar-refractivity contribution in [3.8, 4) is 0 Å². The monoisotopic (exact) mass is 185 g/mol. The smallest absolute Gasteiger partial charge is 0.0480 e. The Hall–Kier alpha value is -0.0800. The van der Waals surface area contributed by atoms with Crippen LogP contribution in [0.4, 0.5) is 0 Å². The third-order valence-corrected chi connectivity index (χ3v) is 3.07. The third kappa shape index (κ3) is 4.10. The summed E-state index contributed by atoms with van der Waals surface area (Å²) in [5, 5.41) is 3.64. The van der Waals surface area contributed by atoms with Gasteiger partial charge in [-0.25, -0.2) is 0 Å². The van der Waals surface area contributed by atoms with Crippen LogP contribution in [0, 0.1) is 5.92 Å². The first kappa shape index (κ1) is 11.0. The Kier molecular flexibility index (Phi) is 5.40. The molecule has 0 bridgehead atoms. The first-order chi connectivity index (χ1) is 6.36. The van der Waals surface area contributed by atoms with E-state index in [1.165, 1.54) is 32.2 Å². The molecule has 0 aromatic rings. The van der Waals surface area contributed by atoms with Crippen LogP contribution in [0.15, 0.2) is 0 Å². The molecule has 0 aromatic carbocycles. The lowest BCUT2D eigenvalue weighted by molar-refractivity contribution is 0.0768. The zero-order valence-electron chi connectivity index (χ0n) is 9.01. The Bertz CT molecular complexity index is 117. The van der Waals surface area contributed by atoms with E-state index < -0.39 is 0 Å². The maximum atomic E-state index is 5.32. The van der Waals surface area contributed by atoms with Crippen molar-refractivity contribution in [2.75, 3.05) is 19.8 Å². The molecular weight excluding hydrogens is 162 g/mol. The first-order valence-electron chi connectivity index (χ1n) is 5.68. The van der Waals surface area contributed by atoms with Crippen molar-refractivity contribution in [3.63, 3.8) is 0 Å². The molecule has 1 aliphatic heterocycles. The summed E-state index contributed by atoms with van der Waals surface area (Å²) in [4.78, 5) is 0. The van der Waals surface area contributed by atoms with Gasteiger partial charge >= 0.3 is 0 Å². The van der Waals surface area contributed by atoms with Gasteiger partial charge in [-0.15, -0.1) is 0 Å². The molecule has 0 aromatic heterocycles. The van der Waals surface area contributed by atoms with E-state index >= 15 is 0 Å². The molecule has 1 N–H and O–H groups in total. The summed E-state index contributed by atoms with van der Waals surface area (Å²) in [6, 6.07) is 0.717. The zero-order chi connectivity index (χ0) is 9.52. The highest BCUT2D eigenvalue weighted by atomic mass is 16.5. The predicted molar refractivity (Wildman–Crippen MR) is 55.9 cm³/mol. The minimum absolute atomic E-state index is 0.717. The Balaban J connectivity index is 2.09. The van der Waals surface area contributed by atoms with Gasteiger partial charge in [-0.2, -0.15) is 0 Å². The molecule has 0 saturated carbocycles. The van der Waals surface area contributed by atoms with E-state index in [0.29, 0.717) is 6.04 Å². The molecule has 0 atom stereocenters. The Labute approximate surface area is 82.0 Å². The van der Waals surface area contributed by atoms with Crippen molar-refractivity contribution in [2.45, 2.75) is 45.6 Å². The van der Waals surface area contributed by atoms with Crippen LogP contribution in [0.3, 0.4) is 0 Å². The number of rotatable bonds is 5.